The molecule has 0 aliphatic heterocycles. The van der Waals surface area contributed by atoms with E-state index in [1.807, 2.05) is 12.1 Å². The maximum Gasteiger partial charge on any atom is 0.162 e. The predicted octanol–water partition coefficient (Wildman–Crippen LogP) is 3.81. The summed E-state index contributed by atoms with van der Waals surface area (Å²) >= 11 is 0. The molecule has 0 fully saturated rings. The maximum atomic E-state index is 10.0. The van der Waals surface area contributed by atoms with Crippen LogP contribution >= 0.6 is 0 Å². The minimum Gasteiger partial charge on any atom is -0.504 e. The number of phenolic OH excluding ortho intramolecular Hbond substituents is 1. The van der Waals surface area contributed by atoms with Crippen LogP contribution in [0.5, 0.6) is 11.5 Å². The van der Waals surface area contributed by atoms with Crippen LogP contribution in [-0.4, -0.2) is 12.2 Å². The monoisotopic (exact) mass is 285 g/mol. The number of methoxy groups -OCH3 is 1. The Morgan fingerprint density at radius 1 is 1.05 bits per heavy atom. The molecule has 0 aliphatic rings. The van der Waals surface area contributed by atoms with E-state index in [1.165, 1.54) is 11.1 Å². The second kappa shape index (κ2) is 7.14. The number of rotatable bonds is 6. The van der Waals surface area contributed by atoms with Gasteiger partial charge in [0, 0.05) is 18.7 Å². The lowest BCUT2D eigenvalue weighted by atomic mass is 10.0. The molecule has 0 amide bonds. The zero-order valence-corrected chi connectivity index (χ0v) is 12.9. The third-order valence-electron chi connectivity index (χ3n) is 3.59. The Bertz CT molecular complexity index is 576. The van der Waals surface area contributed by atoms with Gasteiger partial charge in [0.05, 0.1) is 7.11 Å². The molecule has 0 spiro atoms. The summed E-state index contributed by atoms with van der Waals surface area (Å²) in [6.07, 6.45) is 0. The molecule has 2 N–H and O–H groups in total. The molecule has 0 bridgehead atoms. The van der Waals surface area contributed by atoms with Crippen LogP contribution in [0.3, 0.4) is 0 Å². The van der Waals surface area contributed by atoms with Gasteiger partial charge in [0.25, 0.3) is 0 Å². The van der Waals surface area contributed by atoms with E-state index in [1.54, 1.807) is 13.2 Å². The van der Waals surface area contributed by atoms with Gasteiger partial charge in [-0.05, 0) is 23.1 Å². The Balaban J connectivity index is 1.92. The van der Waals surface area contributed by atoms with Crippen molar-refractivity contribution >= 4 is 0 Å². The van der Waals surface area contributed by atoms with Crippen LogP contribution in [0.2, 0.25) is 0 Å². The fourth-order valence-electron chi connectivity index (χ4n) is 2.24. The number of hydrogen-bond acceptors (Lipinski definition) is 3. The number of para-hydroxylation sites is 1. The summed E-state index contributed by atoms with van der Waals surface area (Å²) in [4.78, 5) is 0. The number of ether oxygens (including phenoxy) is 1. The van der Waals surface area contributed by atoms with Crippen LogP contribution in [0.1, 0.15) is 36.5 Å². The lowest BCUT2D eigenvalue weighted by Crippen LogP contribution is -2.13. The Kier molecular flexibility index (Phi) is 5.23. The molecule has 2 rings (SSSR count). The van der Waals surface area contributed by atoms with Crippen molar-refractivity contribution in [3.63, 3.8) is 0 Å². The van der Waals surface area contributed by atoms with E-state index in [9.17, 15) is 5.11 Å². The molecule has 112 valence electrons. The summed E-state index contributed by atoms with van der Waals surface area (Å²) < 4.78 is 5.11. The van der Waals surface area contributed by atoms with E-state index in [0.29, 0.717) is 18.2 Å². The van der Waals surface area contributed by atoms with E-state index in [2.05, 4.69) is 43.4 Å². The molecule has 0 saturated carbocycles. The van der Waals surface area contributed by atoms with Crippen molar-refractivity contribution in [1.82, 2.24) is 5.32 Å². The minimum absolute atomic E-state index is 0.211. The molecule has 0 aromatic heterocycles. The molecule has 0 unspecified atom stereocenters. The average Bonchev–Trinajstić information content (AvgIpc) is 2.49. The molecule has 3 heteroatoms. The van der Waals surface area contributed by atoms with E-state index in [-0.39, 0.29) is 5.75 Å². The first-order chi connectivity index (χ1) is 10.1. The number of phenols is 1. The first-order valence-electron chi connectivity index (χ1n) is 7.26. The highest BCUT2D eigenvalue weighted by molar-refractivity contribution is 5.45. The zero-order chi connectivity index (χ0) is 15.2. The predicted molar refractivity (Wildman–Crippen MR) is 85.7 cm³/mol. The Labute approximate surface area is 126 Å². The molecular formula is C18H23NO2. The van der Waals surface area contributed by atoms with Crippen molar-refractivity contribution in [2.75, 3.05) is 7.11 Å². The van der Waals surface area contributed by atoms with Gasteiger partial charge >= 0.3 is 0 Å². The van der Waals surface area contributed by atoms with Gasteiger partial charge in [0.2, 0.25) is 0 Å². The third-order valence-corrected chi connectivity index (χ3v) is 3.59. The largest absolute Gasteiger partial charge is 0.504 e. The molecular weight excluding hydrogens is 262 g/mol. The summed E-state index contributed by atoms with van der Waals surface area (Å²) in [7, 11) is 1.56. The van der Waals surface area contributed by atoms with Crippen LogP contribution in [0, 0.1) is 0 Å². The number of nitrogens with one attached hydrogen (secondary N) is 1. The maximum absolute atomic E-state index is 10.0. The minimum atomic E-state index is 0.211. The van der Waals surface area contributed by atoms with E-state index >= 15 is 0 Å². The van der Waals surface area contributed by atoms with Gasteiger partial charge in [0.1, 0.15) is 0 Å². The van der Waals surface area contributed by atoms with E-state index < -0.39 is 0 Å². The van der Waals surface area contributed by atoms with Crippen LogP contribution in [0.4, 0.5) is 0 Å². The first kappa shape index (κ1) is 15.4. The molecule has 2 aromatic rings. The molecule has 21 heavy (non-hydrogen) atoms. The number of hydrogen-bond donors (Lipinski definition) is 2. The molecule has 0 saturated heterocycles. The molecule has 0 atom stereocenters. The van der Waals surface area contributed by atoms with Crippen molar-refractivity contribution in [2.24, 2.45) is 0 Å². The summed E-state index contributed by atoms with van der Waals surface area (Å²) in [5.74, 6) is 1.28. The fraction of sp³-hybridized carbons (Fsp3) is 0.333. The molecule has 2 aromatic carbocycles. The lowest BCUT2D eigenvalue weighted by molar-refractivity contribution is 0.369. The van der Waals surface area contributed by atoms with Gasteiger partial charge in [-0.1, -0.05) is 50.2 Å². The second-order valence-electron chi connectivity index (χ2n) is 5.47. The van der Waals surface area contributed by atoms with Gasteiger partial charge in [-0.3, -0.25) is 0 Å². The van der Waals surface area contributed by atoms with Gasteiger partial charge in [-0.15, -0.1) is 0 Å². The quantitative estimate of drug-likeness (QED) is 0.848. The SMILES string of the molecule is COc1cccc(CNCc2ccc(C(C)C)cc2)c1O. The van der Waals surface area contributed by atoms with Gasteiger partial charge in [0.15, 0.2) is 11.5 Å². The number of benzene rings is 2. The van der Waals surface area contributed by atoms with Crippen LogP contribution in [0.25, 0.3) is 0 Å². The summed E-state index contributed by atoms with van der Waals surface area (Å²) in [5, 5.41) is 13.4. The van der Waals surface area contributed by atoms with Crippen LogP contribution in [-0.2, 0) is 13.1 Å². The van der Waals surface area contributed by atoms with Crippen molar-refractivity contribution in [3.8, 4) is 11.5 Å². The topological polar surface area (TPSA) is 41.5 Å². The summed E-state index contributed by atoms with van der Waals surface area (Å²) in [6, 6.07) is 14.2. The molecule has 0 aliphatic carbocycles. The van der Waals surface area contributed by atoms with Crippen molar-refractivity contribution < 1.29 is 9.84 Å². The standard InChI is InChI=1S/C18H23NO2/c1-13(2)15-9-7-14(8-10-15)11-19-12-16-5-4-6-17(21-3)18(16)20/h4-10,13,19-20H,11-12H2,1-3H3. The Hall–Kier alpha value is -2.00. The smallest absolute Gasteiger partial charge is 0.162 e. The molecule has 0 radical (unpaired) electrons. The van der Waals surface area contributed by atoms with E-state index in [4.69, 9.17) is 4.74 Å². The van der Waals surface area contributed by atoms with Gasteiger partial charge in [-0.25, -0.2) is 0 Å². The molecule has 3 nitrogen and oxygen atoms in total. The van der Waals surface area contributed by atoms with Gasteiger partial charge < -0.3 is 15.2 Å². The lowest BCUT2D eigenvalue weighted by Gasteiger charge is -2.10. The number of aromatic hydroxyl groups is 1. The fourth-order valence-corrected chi connectivity index (χ4v) is 2.24. The Morgan fingerprint density at radius 2 is 1.76 bits per heavy atom. The van der Waals surface area contributed by atoms with Crippen molar-refractivity contribution in [3.05, 3.63) is 59.2 Å². The van der Waals surface area contributed by atoms with Gasteiger partial charge in [-0.2, -0.15) is 0 Å². The first-order valence-corrected chi connectivity index (χ1v) is 7.26. The highest BCUT2D eigenvalue weighted by Crippen LogP contribution is 2.29. The van der Waals surface area contributed by atoms with Crippen molar-refractivity contribution in [2.45, 2.75) is 32.9 Å². The normalized spacial score (nSPS) is 10.9. The third kappa shape index (κ3) is 3.99. The van der Waals surface area contributed by atoms with Crippen molar-refractivity contribution in [1.29, 1.82) is 0 Å². The van der Waals surface area contributed by atoms with Crippen LogP contribution < -0.4 is 10.1 Å². The Morgan fingerprint density at radius 3 is 2.38 bits per heavy atom. The average molecular weight is 285 g/mol. The van der Waals surface area contributed by atoms with Crippen LogP contribution in [0.15, 0.2) is 42.5 Å². The highest BCUT2D eigenvalue weighted by atomic mass is 16.5. The summed E-state index contributed by atoms with van der Waals surface area (Å²) in [6.45, 7) is 5.77. The second-order valence-corrected chi connectivity index (χ2v) is 5.47. The highest BCUT2D eigenvalue weighted by Gasteiger charge is 2.06. The summed E-state index contributed by atoms with van der Waals surface area (Å²) in [5.41, 5.74) is 3.43. The van der Waals surface area contributed by atoms with E-state index in [0.717, 1.165) is 12.1 Å². The molecule has 0 heterocycles. The zero-order valence-electron chi connectivity index (χ0n) is 12.9.